The van der Waals surface area contributed by atoms with Gasteiger partial charge >= 0.3 is 0 Å². The first kappa shape index (κ1) is 13.1. The van der Waals surface area contributed by atoms with Crippen LogP contribution in [0, 0.1) is 0 Å². The third-order valence-corrected chi connectivity index (χ3v) is 3.86. The zero-order valence-electron chi connectivity index (χ0n) is 10.9. The molecule has 0 aliphatic rings. The van der Waals surface area contributed by atoms with Crippen molar-refractivity contribution in [3.05, 3.63) is 71.8 Å². The lowest BCUT2D eigenvalue weighted by molar-refractivity contribution is 0.323. The smallest absolute Gasteiger partial charge is 0.158 e. The van der Waals surface area contributed by atoms with E-state index in [0.717, 1.165) is 13.0 Å². The van der Waals surface area contributed by atoms with E-state index in [1.165, 1.54) is 11.1 Å². The Bertz CT molecular complexity index is 402. The third kappa shape index (κ3) is 3.55. The minimum absolute atomic E-state index is 0.289. The van der Waals surface area contributed by atoms with E-state index in [4.69, 9.17) is 4.43 Å². The van der Waals surface area contributed by atoms with Crippen molar-refractivity contribution in [2.45, 2.75) is 18.9 Å². The Hall–Kier alpha value is -1.38. The maximum atomic E-state index is 5.65. The molecule has 0 saturated heterocycles. The molecule has 2 aromatic carbocycles. The summed E-state index contributed by atoms with van der Waals surface area (Å²) < 4.78 is 5.65. The minimum atomic E-state index is -0.289. The summed E-state index contributed by atoms with van der Waals surface area (Å²) in [6.07, 6.45) is 1.06. The van der Waals surface area contributed by atoms with Crippen molar-refractivity contribution in [3.8, 4) is 0 Å². The summed E-state index contributed by atoms with van der Waals surface area (Å²) in [6.45, 7) is 3.05. The van der Waals surface area contributed by atoms with Crippen LogP contribution in [0.1, 0.15) is 23.5 Å². The van der Waals surface area contributed by atoms with Gasteiger partial charge in [-0.05, 0) is 17.5 Å². The molecule has 2 rings (SSSR count). The molecule has 0 aliphatic carbocycles. The van der Waals surface area contributed by atoms with Crippen molar-refractivity contribution in [2.24, 2.45) is 0 Å². The van der Waals surface area contributed by atoms with Gasteiger partial charge in [-0.2, -0.15) is 0 Å². The number of rotatable bonds is 6. The van der Waals surface area contributed by atoms with Gasteiger partial charge in [0.1, 0.15) is 0 Å². The van der Waals surface area contributed by atoms with Gasteiger partial charge in [0.25, 0.3) is 0 Å². The van der Waals surface area contributed by atoms with Crippen LogP contribution in [0.4, 0.5) is 0 Å². The monoisotopic (exact) mass is 256 g/mol. The molecule has 0 aliphatic heterocycles. The van der Waals surface area contributed by atoms with Crippen LogP contribution in [0.15, 0.2) is 60.7 Å². The molecular formula is C16H20OSi. The highest BCUT2D eigenvalue weighted by Crippen LogP contribution is 2.27. The fourth-order valence-corrected chi connectivity index (χ4v) is 2.70. The van der Waals surface area contributed by atoms with Crippen molar-refractivity contribution in [1.29, 1.82) is 0 Å². The summed E-state index contributed by atoms with van der Waals surface area (Å²) in [5, 5.41) is 0. The van der Waals surface area contributed by atoms with E-state index in [1.54, 1.807) is 0 Å². The van der Waals surface area contributed by atoms with Crippen LogP contribution in [0.2, 0.25) is 6.55 Å². The van der Waals surface area contributed by atoms with Gasteiger partial charge in [-0.1, -0.05) is 67.2 Å². The summed E-state index contributed by atoms with van der Waals surface area (Å²) >= 11 is 0. The molecule has 94 valence electrons. The van der Waals surface area contributed by atoms with Gasteiger partial charge in [0.05, 0.1) is 0 Å². The van der Waals surface area contributed by atoms with E-state index in [0.29, 0.717) is 5.92 Å². The van der Waals surface area contributed by atoms with E-state index < -0.39 is 0 Å². The predicted octanol–water partition coefficient (Wildman–Crippen LogP) is 3.36. The number of benzene rings is 2. The molecule has 0 saturated carbocycles. The topological polar surface area (TPSA) is 9.23 Å². The fraction of sp³-hybridized carbons (Fsp3) is 0.250. The Labute approximate surface area is 112 Å². The summed E-state index contributed by atoms with van der Waals surface area (Å²) in [7, 11) is -0.289. The Kier molecular flexibility index (Phi) is 5.18. The highest BCUT2D eigenvalue weighted by molar-refractivity contribution is 6.24. The van der Waals surface area contributed by atoms with Crippen LogP contribution in [0.25, 0.3) is 0 Å². The van der Waals surface area contributed by atoms with Crippen LogP contribution in [-0.4, -0.2) is 16.4 Å². The summed E-state index contributed by atoms with van der Waals surface area (Å²) in [6, 6.07) is 21.4. The van der Waals surface area contributed by atoms with Crippen LogP contribution < -0.4 is 0 Å². The van der Waals surface area contributed by atoms with E-state index in [9.17, 15) is 0 Å². The zero-order valence-corrected chi connectivity index (χ0v) is 12.3. The molecule has 0 amide bonds. The zero-order chi connectivity index (χ0) is 12.6. The van der Waals surface area contributed by atoms with Gasteiger partial charge in [-0.15, -0.1) is 0 Å². The van der Waals surface area contributed by atoms with Crippen molar-refractivity contribution in [2.75, 3.05) is 6.61 Å². The molecule has 18 heavy (non-hydrogen) atoms. The quantitative estimate of drug-likeness (QED) is 0.569. The largest absolute Gasteiger partial charge is 0.424 e. The maximum absolute atomic E-state index is 5.65. The minimum Gasteiger partial charge on any atom is -0.424 e. The summed E-state index contributed by atoms with van der Waals surface area (Å²) in [5.74, 6) is 0.452. The molecule has 0 fully saturated rings. The maximum Gasteiger partial charge on any atom is 0.158 e. The Morgan fingerprint density at radius 1 is 0.889 bits per heavy atom. The van der Waals surface area contributed by atoms with Crippen LogP contribution in [0.5, 0.6) is 0 Å². The second kappa shape index (κ2) is 7.14. The van der Waals surface area contributed by atoms with E-state index in [1.807, 2.05) is 0 Å². The van der Waals surface area contributed by atoms with Gasteiger partial charge in [0, 0.05) is 12.5 Å². The molecule has 0 heterocycles. The van der Waals surface area contributed by atoms with Gasteiger partial charge in [0.15, 0.2) is 9.76 Å². The molecule has 2 heteroatoms. The Balaban J connectivity index is 2.18. The van der Waals surface area contributed by atoms with Crippen LogP contribution in [-0.2, 0) is 4.43 Å². The van der Waals surface area contributed by atoms with Crippen molar-refractivity contribution in [1.82, 2.24) is 0 Å². The van der Waals surface area contributed by atoms with Gasteiger partial charge in [-0.25, -0.2) is 0 Å². The van der Waals surface area contributed by atoms with Crippen LogP contribution >= 0.6 is 0 Å². The first-order valence-electron chi connectivity index (χ1n) is 6.59. The molecule has 0 atom stereocenters. The summed E-state index contributed by atoms with van der Waals surface area (Å²) in [4.78, 5) is 0. The standard InChI is InChI=1S/C16H20OSi/c1-18-17-13-12-16(14-8-4-2-5-9-14)15-10-6-3-7-11-15/h2-11,16H,12-13,18H2,1H3. The Morgan fingerprint density at radius 3 is 1.83 bits per heavy atom. The second-order valence-corrected chi connectivity index (χ2v) is 5.35. The van der Waals surface area contributed by atoms with E-state index in [-0.39, 0.29) is 9.76 Å². The lowest BCUT2D eigenvalue weighted by Gasteiger charge is -2.18. The lowest BCUT2D eigenvalue weighted by Crippen LogP contribution is -2.06. The number of hydrogen-bond acceptors (Lipinski definition) is 1. The molecule has 0 radical (unpaired) electrons. The van der Waals surface area contributed by atoms with Crippen molar-refractivity contribution in [3.63, 3.8) is 0 Å². The summed E-state index contributed by atoms with van der Waals surface area (Å²) in [5.41, 5.74) is 2.76. The van der Waals surface area contributed by atoms with Gasteiger partial charge < -0.3 is 4.43 Å². The molecule has 2 aromatic rings. The van der Waals surface area contributed by atoms with Gasteiger partial charge in [-0.3, -0.25) is 0 Å². The molecule has 0 unspecified atom stereocenters. The molecule has 0 aromatic heterocycles. The van der Waals surface area contributed by atoms with E-state index in [2.05, 4.69) is 67.2 Å². The Morgan fingerprint density at radius 2 is 1.39 bits per heavy atom. The molecular weight excluding hydrogens is 236 g/mol. The third-order valence-electron chi connectivity index (χ3n) is 3.16. The highest BCUT2D eigenvalue weighted by Gasteiger charge is 2.12. The van der Waals surface area contributed by atoms with Crippen molar-refractivity contribution < 1.29 is 4.43 Å². The van der Waals surface area contributed by atoms with Crippen molar-refractivity contribution >= 4 is 9.76 Å². The van der Waals surface area contributed by atoms with Crippen LogP contribution in [0.3, 0.4) is 0 Å². The molecule has 0 N–H and O–H groups in total. The second-order valence-electron chi connectivity index (χ2n) is 4.36. The SMILES string of the molecule is C[SiH2]OCCC(c1ccccc1)c1ccccc1. The first-order chi connectivity index (χ1) is 8.92. The average molecular weight is 256 g/mol. The highest BCUT2D eigenvalue weighted by atomic mass is 28.2. The predicted molar refractivity (Wildman–Crippen MR) is 79.7 cm³/mol. The molecule has 1 nitrogen and oxygen atoms in total. The molecule has 0 bridgehead atoms. The number of hydrogen-bond donors (Lipinski definition) is 0. The van der Waals surface area contributed by atoms with Gasteiger partial charge in [0.2, 0.25) is 0 Å². The lowest BCUT2D eigenvalue weighted by atomic mass is 9.89. The first-order valence-corrected chi connectivity index (χ1v) is 8.58. The average Bonchev–Trinajstić information content (AvgIpc) is 2.46. The van der Waals surface area contributed by atoms with E-state index >= 15 is 0 Å². The fourth-order valence-electron chi connectivity index (χ4n) is 2.24. The molecule has 0 spiro atoms. The normalized spacial score (nSPS) is 11.4.